The van der Waals surface area contributed by atoms with Crippen molar-refractivity contribution in [3.8, 4) is 11.1 Å². The van der Waals surface area contributed by atoms with Crippen molar-refractivity contribution in [2.75, 3.05) is 30.4 Å². The average Bonchev–Trinajstić information content (AvgIpc) is 2.57. The second-order valence-electron chi connectivity index (χ2n) is 6.38. The molecule has 0 aliphatic carbocycles. The zero-order chi connectivity index (χ0) is 16.0. The number of nitrogens with zero attached hydrogens (tertiary/aromatic N) is 2. The Morgan fingerprint density at radius 3 is 3.09 bits per heavy atom. The summed E-state index contributed by atoms with van der Waals surface area (Å²) in [4.78, 5) is 6.89. The molecule has 0 amide bonds. The molecule has 2 atom stereocenters. The minimum atomic E-state index is -0.524. The van der Waals surface area contributed by atoms with Gasteiger partial charge in [-0.3, -0.25) is 4.98 Å². The minimum Gasteiger partial charge on any atom is -0.399 e. The summed E-state index contributed by atoms with van der Waals surface area (Å²) >= 11 is 0. The lowest BCUT2D eigenvalue weighted by atomic mass is 9.94. The molecule has 5 heteroatoms. The van der Waals surface area contributed by atoms with Gasteiger partial charge in [0.1, 0.15) is 6.10 Å². The Labute approximate surface area is 135 Å². The van der Waals surface area contributed by atoms with E-state index in [2.05, 4.69) is 22.9 Å². The predicted molar refractivity (Wildman–Crippen MR) is 90.4 cm³/mol. The smallest absolute Gasteiger partial charge is 0.100 e. The summed E-state index contributed by atoms with van der Waals surface area (Å²) in [5.41, 5.74) is 11.8. The number of aryl methyl sites for hydroxylation is 1. The highest BCUT2D eigenvalue weighted by Gasteiger charge is 2.34. The van der Waals surface area contributed by atoms with E-state index in [1.807, 2.05) is 24.4 Å². The lowest BCUT2D eigenvalue weighted by Crippen LogP contribution is -2.49. The molecule has 1 fully saturated rings. The normalized spacial score (nSPS) is 23.3. The van der Waals surface area contributed by atoms with E-state index in [0.717, 1.165) is 40.3 Å². The van der Waals surface area contributed by atoms with Crippen LogP contribution >= 0.6 is 0 Å². The summed E-state index contributed by atoms with van der Waals surface area (Å²) < 4.78 is 5.56. The second-order valence-corrected chi connectivity index (χ2v) is 6.38. The van der Waals surface area contributed by atoms with Crippen LogP contribution in [0, 0.1) is 6.92 Å². The van der Waals surface area contributed by atoms with Gasteiger partial charge in [0.25, 0.3) is 0 Å². The fraction of sp³-hybridized carbons (Fsp3) is 0.389. The van der Waals surface area contributed by atoms with Crippen LogP contribution in [-0.4, -0.2) is 35.9 Å². The van der Waals surface area contributed by atoms with Crippen molar-refractivity contribution in [2.45, 2.75) is 25.5 Å². The van der Waals surface area contributed by atoms with E-state index in [4.69, 9.17) is 10.5 Å². The van der Waals surface area contributed by atoms with Crippen LogP contribution in [0.5, 0.6) is 0 Å². The molecule has 2 aliphatic rings. The first-order chi connectivity index (χ1) is 11.1. The van der Waals surface area contributed by atoms with Crippen LogP contribution in [0.25, 0.3) is 11.1 Å². The number of nitrogen functional groups attached to an aromatic ring is 1. The van der Waals surface area contributed by atoms with Gasteiger partial charge in [-0.25, -0.2) is 0 Å². The Bertz CT molecular complexity index is 747. The van der Waals surface area contributed by atoms with Gasteiger partial charge in [-0.1, -0.05) is 6.07 Å². The summed E-state index contributed by atoms with van der Waals surface area (Å²) in [6.07, 6.45) is 1.99. The molecular formula is C18H21N3O2. The number of rotatable bonds is 1. The zero-order valence-electron chi connectivity index (χ0n) is 13.2. The number of aliphatic hydroxyl groups is 1. The van der Waals surface area contributed by atoms with E-state index < -0.39 is 6.10 Å². The Morgan fingerprint density at radius 1 is 1.35 bits per heavy atom. The van der Waals surface area contributed by atoms with E-state index in [-0.39, 0.29) is 6.04 Å². The molecule has 1 aromatic carbocycles. The fourth-order valence-electron chi connectivity index (χ4n) is 3.59. The monoisotopic (exact) mass is 311 g/mol. The molecule has 1 aromatic heterocycles. The molecule has 0 spiro atoms. The second kappa shape index (κ2) is 5.51. The number of aliphatic hydroxyl groups excluding tert-OH is 1. The molecule has 2 aromatic rings. The SMILES string of the molecule is Cc1ccc(N)cc1-c1cnc2c(c1)N1CCOC[C@H]1C[C@H]2O. The average molecular weight is 311 g/mol. The van der Waals surface area contributed by atoms with E-state index in [1.54, 1.807) is 0 Å². The third kappa shape index (κ3) is 2.46. The molecule has 1 saturated heterocycles. The summed E-state index contributed by atoms with van der Waals surface area (Å²) in [5, 5.41) is 10.4. The third-order valence-corrected chi connectivity index (χ3v) is 4.82. The molecule has 3 N–H and O–H groups in total. The molecule has 0 bridgehead atoms. The van der Waals surface area contributed by atoms with Crippen molar-refractivity contribution in [3.05, 3.63) is 41.7 Å². The van der Waals surface area contributed by atoms with Crippen LogP contribution in [-0.2, 0) is 4.74 Å². The number of pyridine rings is 1. The first-order valence-electron chi connectivity index (χ1n) is 8.02. The predicted octanol–water partition coefficient (Wildman–Crippen LogP) is 2.28. The topological polar surface area (TPSA) is 71.6 Å². The largest absolute Gasteiger partial charge is 0.399 e. The highest BCUT2D eigenvalue weighted by Crippen LogP contribution is 2.39. The Balaban J connectivity index is 1.82. The van der Waals surface area contributed by atoms with Crippen molar-refractivity contribution in [1.29, 1.82) is 0 Å². The van der Waals surface area contributed by atoms with Gasteiger partial charge in [0, 0.05) is 30.4 Å². The highest BCUT2D eigenvalue weighted by atomic mass is 16.5. The number of ether oxygens (including phenoxy) is 1. The van der Waals surface area contributed by atoms with Gasteiger partial charge < -0.3 is 20.5 Å². The standard InChI is InChI=1S/C18H21N3O2/c1-11-2-3-13(19)7-15(11)12-6-16-18(20-9-12)17(22)8-14-10-23-5-4-21(14)16/h2-3,6-7,9,14,17,22H,4-5,8,10,19H2,1H3/t14-,17-/m1/s1. The molecule has 23 heavy (non-hydrogen) atoms. The number of hydrogen-bond donors (Lipinski definition) is 2. The van der Waals surface area contributed by atoms with Crippen LogP contribution in [0.3, 0.4) is 0 Å². The van der Waals surface area contributed by atoms with Crippen molar-refractivity contribution in [3.63, 3.8) is 0 Å². The molecule has 120 valence electrons. The first-order valence-corrected chi connectivity index (χ1v) is 8.02. The molecule has 0 saturated carbocycles. The van der Waals surface area contributed by atoms with E-state index in [9.17, 15) is 5.11 Å². The summed E-state index contributed by atoms with van der Waals surface area (Å²) in [7, 11) is 0. The lowest BCUT2D eigenvalue weighted by Gasteiger charge is -2.43. The lowest BCUT2D eigenvalue weighted by molar-refractivity contribution is 0.0597. The molecule has 3 heterocycles. The Morgan fingerprint density at radius 2 is 2.22 bits per heavy atom. The van der Waals surface area contributed by atoms with Gasteiger partial charge in [-0.15, -0.1) is 0 Å². The van der Waals surface area contributed by atoms with Gasteiger partial charge in [0.2, 0.25) is 0 Å². The quantitative estimate of drug-likeness (QED) is 0.791. The number of nitrogens with two attached hydrogens (primary N) is 1. The minimum absolute atomic E-state index is 0.227. The molecule has 2 aliphatic heterocycles. The summed E-state index contributed by atoms with van der Waals surface area (Å²) in [6.45, 7) is 4.29. The first kappa shape index (κ1) is 14.5. The van der Waals surface area contributed by atoms with Gasteiger partial charge in [0.05, 0.1) is 30.6 Å². The number of hydrogen-bond acceptors (Lipinski definition) is 5. The maximum absolute atomic E-state index is 10.4. The maximum atomic E-state index is 10.4. The van der Waals surface area contributed by atoms with Crippen molar-refractivity contribution >= 4 is 11.4 Å². The number of benzene rings is 1. The number of fused-ring (bicyclic) bond motifs is 3. The summed E-state index contributed by atoms with van der Waals surface area (Å²) in [6, 6.07) is 8.27. The molecule has 4 rings (SSSR count). The molecule has 5 nitrogen and oxygen atoms in total. The zero-order valence-corrected chi connectivity index (χ0v) is 13.2. The molecule has 0 radical (unpaired) electrons. The van der Waals surface area contributed by atoms with E-state index in [0.29, 0.717) is 19.6 Å². The van der Waals surface area contributed by atoms with Crippen molar-refractivity contribution in [1.82, 2.24) is 4.98 Å². The number of anilines is 2. The van der Waals surface area contributed by atoms with Crippen LogP contribution in [0.1, 0.15) is 23.8 Å². The van der Waals surface area contributed by atoms with E-state index >= 15 is 0 Å². The summed E-state index contributed by atoms with van der Waals surface area (Å²) in [5.74, 6) is 0. The maximum Gasteiger partial charge on any atom is 0.100 e. The van der Waals surface area contributed by atoms with Crippen LogP contribution < -0.4 is 10.6 Å². The van der Waals surface area contributed by atoms with Gasteiger partial charge in [-0.2, -0.15) is 0 Å². The highest BCUT2D eigenvalue weighted by molar-refractivity contribution is 5.74. The number of aromatic nitrogens is 1. The molecule has 0 unspecified atom stereocenters. The van der Waals surface area contributed by atoms with Gasteiger partial charge in [-0.05, 0) is 36.2 Å². The van der Waals surface area contributed by atoms with Gasteiger partial charge >= 0.3 is 0 Å². The van der Waals surface area contributed by atoms with Crippen LogP contribution in [0.15, 0.2) is 30.5 Å². The number of morpholine rings is 1. The molecular weight excluding hydrogens is 290 g/mol. The van der Waals surface area contributed by atoms with Gasteiger partial charge in [0.15, 0.2) is 0 Å². The Kier molecular flexibility index (Phi) is 3.47. The van der Waals surface area contributed by atoms with Crippen LogP contribution in [0.2, 0.25) is 0 Å². The fourth-order valence-corrected chi connectivity index (χ4v) is 3.59. The van der Waals surface area contributed by atoms with Crippen molar-refractivity contribution < 1.29 is 9.84 Å². The van der Waals surface area contributed by atoms with E-state index in [1.165, 1.54) is 0 Å². The van der Waals surface area contributed by atoms with Crippen molar-refractivity contribution in [2.24, 2.45) is 0 Å². The third-order valence-electron chi connectivity index (χ3n) is 4.82. The Hall–Kier alpha value is -2.11. The van der Waals surface area contributed by atoms with Crippen LogP contribution in [0.4, 0.5) is 11.4 Å².